The van der Waals surface area contributed by atoms with Crippen LogP contribution in [0.1, 0.15) is 18.5 Å². The fourth-order valence-corrected chi connectivity index (χ4v) is 1.40. The summed E-state index contributed by atoms with van der Waals surface area (Å²) in [6, 6.07) is 10.7. The number of nitrogens with zero attached hydrogens (tertiary/aromatic N) is 2. The SMILES string of the molecule is CC(NC(C#N)=C(N)C#N)c1ccc(Cl)cc1. The average Bonchev–Trinajstić information content (AvgIpc) is 2.35. The van der Waals surface area contributed by atoms with E-state index in [0.29, 0.717) is 5.02 Å². The fraction of sp³-hybridized carbons (Fsp3) is 0.167. The summed E-state index contributed by atoms with van der Waals surface area (Å²) in [5, 5.41) is 21.0. The Morgan fingerprint density at radius 3 is 2.35 bits per heavy atom. The summed E-state index contributed by atoms with van der Waals surface area (Å²) < 4.78 is 0. The number of benzene rings is 1. The molecule has 1 aromatic carbocycles. The second-order valence-corrected chi connectivity index (χ2v) is 3.87. The lowest BCUT2D eigenvalue weighted by Crippen LogP contribution is -2.20. The zero-order chi connectivity index (χ0) is 12.8. The largest absolute Gasteiger partial charge is 0.388 e. The van der Waals surface area contributed by atoms with Crippen molar-refractivity contribution in [1.29, 1.82) is 10.5 Å². The van der Waals surface area contributed by atoms with E-state index >= 15 is 0 Å². The molecule has 0 aromatic heterocycles. The zero-order valence-electron chi connectivity index (χ0n) is 9.24. The minimum atomic E-state index is -0.131. The third-order valence-corrected chi connectivity index (χ3v) is 2.48. The standard InChI is InChI=1S/C12H11ClN4/c1-8(9-2-4-10(13)5-3-9)17-12(7-15)11(16)6-14/h2-5,8,17H,16H2,1H3. The molecule has 0 saturated heterocycles. The molecule has 1 unspecified atom stereocenters. The molecule has 5 heteroatoms. The number of halogens is 1. The number of hydrogen-bond donors (Lipinski definition) is 2. The van der Waals surface area contributed by atoms with Crippen LogP contribution in [0.2, 0.25) is 5.02 Å². The maximum absolute atomic E-state index is 8.84. The van der Waals surface area contributed by atoms with E-state index in [4.69, 9.17) is 27.9 Å². The van der Waals surface area contributed by atoms with Gasteiger partial charge in [0.1, 0.15) is 23.5 Å². The first-order chi connectivity index (χ1) is 8.08. The van der Waals surface area contributed by atoms with Gasteiger partial charge in [-0.05, 0) is 24.6 Å². The van der Waals surface area contributed by atoms with Crippen LogP contribution in [0, 0.1) is 22.7 Å². The Morgan fingerprint density at radius 2 is 1.88 bits per heavy atom. The number of nitrogens with one attached hydrogen (secondary N) is 1. The molecule has 0 heterocycles. The normalized spacial score (nSPS) is 12.9. The summed E-state index contributed by atoms with van der Waals surface area (Å²) >= 11 is 5.78. The molecule has 1 aromatic rings. The van der Waals surface area contributed by atoms with Crippen LogP contribution in [0.3, 0.4) is 0 Å². The van der Waals surface area contributed by atoms with Crippen LogP contribution >= 0.6 is 11.6 Å². The molecule has 0 aliphatic carbocycles. The van der Waals surface area contributed by atoms with E-state index in [1.54, 1.807) is 18.2 Å². The van der Waals surface area contributed by atoms with Gasteiger partial charge < -0.3 is 11.1 Å². The van der Waals surface area contributed by atoms with Crippen LogP contribution in [-0.4, -0.2) is 0 Å². The summed E-state index contributed by atoms with van der Waals surface area (Å²) in [4.78, 5) is 0. The Kier molecular flexibility index (Phi) is 4.39. The lowest BCUT2D eigenvalue weighted by molar-refractivity contribution is 0.663. The van der Waals surface area contributed by atoms with E-state index in [-0.39, 0.29) is 17.4 Å². The number of allylic oxidation sites excluding steroid dienone is 2. The fourth-order valence-electron chi connectivity index (χ4n) is 1.28. The highest BCUT2D eigenvalue weighted by atomic mass is 35.5. The zero-order valence-corrected chi connectivity index (χ0v) is 9.99. The molecule has 1 rings (SSSR count). The third kappa shape index (κ3) is 3.41. The van der Waals surface area contributed by atoms with Gasteiger partial charge in [-0.25, -0.2) is 0 Å². The molecule has 4 nitrogen and oxygen atoms in total. The van der Waals surface area contributed by atoms with Gasteiger partial charge in [0.15, 0.2) is 0 Å². The average molecular weight is 247 g/mol. The number of rotatable bonds is 3. The molecule has 0 amide bonds. The first-order valence-electron chi connectivity index (χ1n) is 4.90. The number of nitrogens with two attached hydrogens (primary N) is 1. The van der Waals surface area contributed by atoms with E-state index in [1.165, 1.54) is 0 Å². The van der Waals surface area contributed by atoms with Gasteiger partial charge in [0.25, 0.3) is 0 Å². The Bertz CT molecular complexity index is 505. The number of hydrogen-bond acceptors (Lipinski definition) is 4. The summed E-state index contributed by atoms with van der Waals surface area (Å²) in [6.07, 6.45) is 0. The van der Waals surface area contributed by atoms with Crippen molar-refractivity contribution in [1.82, 2.24) is 5.32 Å². The van der Waals surface area contributed by atoms with E-state index in [2.05, 4.69) is 5.32 Å². The Hall–Kier alpha value is -2.17. The van der Waals surface area contributed by atoms with Crippen LogP contribution in [0.5, 0.6) is 0 Å². The minimum absolute atomic E-state index is 0.0787. The molecule has 0 aliphatic rings. The smallest absolute Gasteiger partial charge is 0.148 e. The Balaban J connectivity index is 2.87. The molecule has 0 aliphatic heterocycles. The molecule has 86 valence electrons. The van der Waals surface area contributed by atoms with Crippen LogP contribution in [0.15, 0.2) is 35.7 Å². The number of nitriles is 2. The predicted octanol–water partition coefficient (Wildman–Crippen LogP) is 2.21. The molecule has 0 fully saturated rings. The lowest BCUT2D eigenvalue weighted by atomic mass is 10.1. The second kappa shape index (κ2) is 5.79. The van der Waals surface area contributed by atoms with Crippen molar-refractivity contribution in [2.75, 3.05) is 0 Å². The van der Waals surface area contributed by atoms with E-state index in [9.17, 15) is 0 Å². The predicted molar refractivity (Wildman–Crippen MR) is 65.4 cm³/mol. The van der Waals surface area contributed by atoms with Crippen molar-refractivity contribution < 1.29 is 0 Å². The van der Waals surface area contributed by atoms with Gasteiger partial charge in [-0.3, -0.25) is 0 Å². The molecule has 17 heavy (non-hydrogen) atoms. The lowest BCUT2D eigenvalue weighted by Gasteiger charge is -2.14. The molecule has 0 bridgehead atoms. The molecule has 1 atom stereocenters. The van der Waals surface area contributed by atoms with Crippen molar-refractivity contribution in [3.63, 3.8) is 0 Å². The molecule has 0 spiro atoms. The quantitative estimate of drug-likeness (QED) is 0.801. The van der Waals surface area contributed by atoms with Crippen LogP contribution in [0.4, 0.5) is 0 Å². The highest BCUT2D eigenvalue weighted by Crippen LogP contribution is 2.17. The van der Waals surface area contributed by atoms with Crippen molar-refractivity contribution >= 4 is 11.6 Å². The van der Waals surface area contributed by atoms with E-state index < -0.39 is 0 Å². The summed E-state index contributed by atoms with van der Waals surface area (Å²) in [7, 11) is 0. The van der Waals surface area contributed by atoms with Crippen molar-refractivity contribution in [2.24, 2.45) is 5.73 Å². The minimum Gasteiger partial charge on any atom is -0.388 e. The summed E-state index contributed by atoms with van der Waals surface area (Å²) in [6.45, 7) is 1.87. The van der Waals surface area contributed by atoms with Crippen molar-refractivity contribution in [3.8, 4) is 12.1 Å². The van der Waals surface area contributed by atoms with Crippen molar-refractivity contribution in [2.45, 2.75) is 13.0 Å². The maximum atomic E-state index is 8.84. The van der Waals surface area contributed by atoms with Gasteiger partial charge in [0.2, 0.25) is 0 Å². The highest BCUT2D eigenvalue weighted by Gasteiger charge is 2.09. The van der Waals surface area contributed by atoms with Gasteiger partial charge >= 0.3 is 0 Å². The van der Waals surface area contributed by atoms with E-state index in [0.717, 1.165) is 5.56 Å². The Morgan fingerprint density at radius 1 is 1.29 bits per heavy atom. The van der Waals surface area contributed by atoms with Crippen LogP contribution in [-0.2, 0) is 0 Å². The second-order valence-electron chi connectivity index (χ2n) is 3.43. The molecular weight excluding hydrogens is 236 g/mol. The molecule has 0 saturated carbocycles. The van der Waals surface area contributed by atoms with Gasteiger partial charge in [0, 0.05) is 11.1 Å². The third-order valence-electron chi connectivity index (χ3n) is 2.23. The highest BCUT2D eigenvalue weighted by molar-refractivity contribution is 6.30. The Labute approximate surface area is 105 Å². The van der Waals surface area contributed by atoms with Crippen molar-refractivity contribution in [3.05, 3.63) is 46.2 Å². The molecule has 0 radical (unpaired) electrons. The first-order valence-corrected chi connectivity index (χ1v) is 5.28. The van der Waals surface area contributed by atoms with Crippen LogP contribution in [0.25, 0.3) is 0 Å². The van der Waals surface area contributed by atoms with E-state index in [1.807, 2.05) is 25.1 Å². The summed E-state index contributed by atoms with van der Waals surface area (Å²) in [5.74, 6) is 0. The van der Waals surface area contributed by atoms with Crippen LogP contribution < -0.4 is 11.1 Å². The van der Waals surface area contributed by atoms with Gasteiger partial charge in [-0.15, -0.1) is 0 Å². The maximum Gasteiger partial charge on any atom is 0.148 e. The first kappa shape index (κ1) is 12.9. The topological polar surface area (TPSA) is 85.6 Å². The molecular formula is C12H11ClN4. The van der Waals surface area contributed by atoms with Gasteiger partial charge in [0.05, 0.1) is 0 Å². The molecule has 3 N–H and O–H groups in total. The van der Waals surface area contributed by atoms with Gasteiger partial charge in [-0.2, -0.15) is 10.5 Å². The monoisotopic (exact) mass is 246 g/mol. The van der Waals surface area contributed by atoms with Gasteiger partial charge in [-0.1, -0.05) is 23.7 Å². The summed E-state index contributed by atoms with van der Waals surface area (Å²) in [5.41, 5.74) is 6.30.